The molecule has 5 nitrogen and oxygen atoms in total. The lowest BCUT2D eigenvalue weighted by Crippen LogP contribution is -2.23. The number of nitrogens with one attached hydrogen (secondary N) is 1. The molecule has 0 aliphatic carbocycles. The molecule has 0 unspecified atom stereocenters. The van der Waals surface area contributed by atoms with Crippen LogP contribution in [0.2, 0.25) is 4.34 Å². The van der Waals surface area contributed by atoms with E-state index in [2.05, 4.69) is 10.4 Å². The van der Waals surface area contributed by atoms with Crippen LogP contribution in [0.3, 0.4) is 0 Å². The molecule has 7 heteroatoms. The highest BCUT2D eigenvalue weighted by molar-refractivity contribution is 7.19. The van der Waals surface area contributed by atoms with Crippen molar-refractivity contribution >= 4 is 28.8 Å². The standard InChI is InChI=1S/C17H16ClN3O2S/c1-21-14(15-7-8-16(18)24-15)9-13(20-21)17(22)19-10-11-3-5-12(23-2)6-4-11/h3-9H,10H2,1-2H3,(H,19,22). The van der Waals surface area contributed by atoms with Crippen molar-refractivity contribution < 1.29 is 9.53 Å². The predicted octanol–water partition coefficient (Wildman–Crippen LogP) is 3.74. The summed E-state index contributed by atoms with van der Waals surface area (Å²) in [7, 11) is 3.43. The fourth-order valence-corrected chi connectivity index (χ4v) is 3.37. The number of benzene rings is 1. The summed E-state index contributed by atoms with van der Waals surface area (Å²) in [6, 6.07) is 13.1. The highest BCUT2D eigenvalue weighted by Gasteiger charge is 2.15. The van der Waals surface area contributed by atoms with Gasteiger partial charge in [0.1, 0.15) is 5.75 Å². The SMILES string of the molecule is COc1ccc(CNC(=O)c2cc(-c3ccc(Cl)s3)n(C)n2)cc1. The molecule has 0 spiro atoms. The zero-order valence-electron chi connectivity index (χ0n) is 13.2. The molecular formula is C17H16ClN3O2S. The maximum atomic E-state index is 12.3. The van der Waals surface area contributed by atoms with Crippen molar-refractivity contribution in [3.63, 3.8) is 0 Å². The fourth-order valence-electron chi connectivity index (χ4n) is 2.28. The Morgan fingerprint density at radius 3 is 2.67 bits per heavy atom. The van der Waals surface area contributed by atoms with Gasteiger partial charge in [0.2, 0.25) is 0 Å². The van der Waals surface area contributed by atoms with E-state index < -0.39 is 0 Å². The van der Waals surface area contributed by atoms with Gasteiger partial charge < -0.3 is 10.1 Å². The molecule has 0 atom stereocenters. The fraction of sp³-hybridized carbons (Fsp3) is 0.176. The van der Waals surface area contributed by atoms with Gasteiger partial charge in [-0.25, -0.2) is 0 Å². The number of aromatic nitrogens is 2. The molecule has 0 bridgehead atoms. The van der Waals surface area contributed by atoms with Gasteiger partial charge in [0, 0.05) is 13.6 Å². The van der Waals surface area contributed by atoms with Gasteiger partial charge in [-0.3, -0.25) is 9.48 Å². The van der Waals surface area contributed by atoms with E-state index in [4.69, 9.17) is 16.3 Å². The third kappa shape index (κ3) is 3.60. The van der Waals surface area contributed by atoms with Crippen LogP contribution in [0, 0.1) is 0 Å². The van der Waals surface area contributed by atoms with Crippen molar-refractivity contribution in [1.29, 1.82) is 0 Å². The van der Waals surface area contributed by atoms with Crippen LogP contribution in [-0.2, 0) is 13.6 Å². The molecule has 1 amide bonds. The number of rotatable bonds is 5. The van der Waals surface area contributed by atoms with E-state index in [9.17, 15) is 4.79 Å². The van der Waals surface area contributed by atoms with E-state index in [1.165, 1.54) is 11.3 Å². The van der Waals surface area contributed by atoms with E-state index in [1.54, 1.807) is 17.9 Å². The number of hydrogen-bond donors (Lipinski definition) is 1. The van der Waals surface area contributed by atoms with Crippen LogP contribution >= 0.6 is 22.9 Å². The zero-order valence-corrected chi connectivity index (χ0v) is 14.8. The van der Waals surface area contributed by atoms with Crippen molar-refractivity contribution in [1.82, 2.24) is 15.1 Å². The van der Waals surface area contributed by atoms with Gasteiger partial charge in [0.25, 0.3) is 5.91 Å². The van der Waals surface area contributed by atoms with E-state index in [0.29, 0.717) is 16.6 Å². The summed E-state index contributed by atoms with van der Waals surface area (Å²) in [6.45, 7) is 0.430. The number of thiophene rings is 1. The second-order valence-electron chi connectivity index (χ2n) is 5.17. The Labute approximate surface area is 148 Å². The first-order chi connectivity index (χ1) is 11.6. The topological polar surface area (TPSA) is 56.1 Å². The summed E-state index contributed by atoms with van der Waals surface area (Å²) in [5.74, 6) is 0.573. The van der Waals surface area contributed by atoms with Gasteiger partial charge in [-0.2, -0.15) is 5.10 Å². The normalized spacial score (nSPS) is 10.6. The van der Waals surface area contributed by atoms with Crippen LogP contribution in [0.4, 0.5) is 0 Å². The van der Waals surface area contributed by atoms with Crippen molar-refractivity contribution in [2.75, 3.05) is 7.11 Å². The van der Waals surface area contributed by atoms with Crippen LogP contribution in [0.25, 0.3) is 10.6 Å². The number of amides is 1. The van der Waals surface area contributed by atoms with Crippen LogP contribution in [0.15, 0.2) is 42.5 Å². The quantitative estimate of drug-likeness (QED) is 0.753. The Kier molecular flexibility index (Phi) is 4.87. The monoisotopic (exact) mass is 361 g/mol. The Morgan fingerprint density at radius 1 is 1.29 bits per heavy atom. The molecule has 0 aliphatic heterocycles. The van der Waals surface area contributed by atoms with Crippen LogP contribution in [0.1, 0.15) is 16.1 Å². The first-order valence-corrected chi connectivity index (χ1v) is 8.47. The molecule has 0 fully saturated rings. The second kappa shape index (κ2) is 7.07. The molecule has 3 aromatic rings. The van der Waals surface area contributed by atoms with Crippen molar-refractivity contribution in [2.45, 2.75) is 6.54 Å². The highest BCUT2D eigenvalue weighted by Crippen LogP contribution is 2.31. The number of aryl methyl sites for hydroxylation is 1. The maximum absolute atomic E-state index is 12.3. The van der Waals surface area contributed by atoms with E-state index in [1.807, 2.05) is 43.4 Å². The number of methoxy groups -OCH3 is 1. The molecule has 2 heterocycles. The minimum atomic E-state index is -0.213. The van der Waals surface area contributed by atoms with Gasteiger partial charge in [-0.15, -0.1) is 11.3 Å². The van der Waals surface area contributed by atoms with Gasteiger partial charge >= 0.3 is 0 Å². The van der Waals surface area contributed by atoms with Gasteiger partial charge in [0.05, 0.1) is 22.0 Å². The van der Waals surface area contributed by atoms with Crippen LogP contribution in [-0.4, -0.2) is 22.8 Å². The lowest BCUT2D eigenvalue weighted by molar-refractivity contribution is 0.0945. The van der Waals surface area contributed by atoms with Gasteiger partial charge in [-0.05, 0) is 35.9 Å². The molecule has 0 aliphatic rings. The Bertz CT molecular complexity index is 855. The Hall–Kier alpha value is -2.31. The molecule has 0 saturated heterocycles. The first kappa shape index (κ1) is 16.5. The Balaban J connectivity index is 1.69. The molecular weight excluding hydrogens is 346 g/mol. The van der Waals surface area contributed by atoms with Crippen LogP contribution in [0.5, 0.6) is 5.75 Å². The summed E-state index contributed by atoms with van der Waals surface area (Å²) >= 11 is 7.43. The average Bonchev–Trinajstić information content (AvgIpc) is 3.18. The smallest absolute Gasteiger partial charge is 0.272 e. The van der Waals surface area contributed by atoms with Crippen molar-refractivity contribution in [3.05, 3.63) is 58.1 Å². The molecule has 0 saturated carbocycles. The minimum Gasteiger partial charge on any atom is -0.497 e. The van der Waals surface area contributed by atoms with Gasteiger partial charge in [0.15, 0.2) is 5.69 Å². The number of hydrogen-bond acceptors (Lipinski definition) is 4. The number of carbonyl (C=O) groups is 1. The largest absolute Gasteiger partial charge is 0.497 e. The summed E-state index contributed by atoms with van der Waals surface area (Å²) in [6.07, 6.45) is 0. The lowest BCUT2D eigenvalue weighted by Gasteiger charge is -2.04. The number of ether oxygens (including phenoxy) is 1. The van der Waals surface area contributed by atoms with Crippen LogP contribution < -0.4 is 10.1 Å². The third-order valence-corrected chi connectivity index (χ3v) is 4.80. The number of carbonyl (C=O) groups excluding carboxylic acids is 1. The minimum absolute atomic E-state index is 0.213. The molecule has 2 aromatic heterocycles. The van der Waals surface area contributed by atoms with E-state index >= 15 is 0 Å². The average molecular weight is 362 g/mol. The molecule has 1 aromatic carbocycles. The van der Waals surface area contributed by atoms with E-state index in [-0.39, 0.29) is 5.91 Å². The summed E-state index contributed by atoms with van der Waals surface area (Å²) in [4.78, 5) is 13.3. The summed E-state index contributed by atoms with van der Waals surface area (Å²) < 4.78 is 7.51. The number of nitrogens with zero attached hydrogens (tertiary/aromatic N) is 2. The number of halogens is 1. The van der Waals surface area contributed by atoms with Crippen molar-refractivity contribution in [2.24, 2.45) is 7.05 Å². The maximum Gasteiger partial charge on any atom is 0.272 e. The zero-order chi connectivity index (χ0) is 17.1. The summed E-state index contributed by atoms with van der Waals surface area (Å²) in [5.41, 5.74) is 2.23. The van der Waals surface area contributed by atoms with Crippen molar-refractivity contribution in [3.8, 4) is 16.3 Å². The molecule has 24 heavy (non-hydrogen) atoms. The second-order valence-corrected chi connectivity index (χ2v) is 6.89. The lowest BCUT2D eigenvalue weighted by atomic mass is 10.2. The Morgan fingerprint density at radius 2 is 2.04 bits per heavy atom. The first-order valence-electron chi connectivity index (χ1n) is 7.27. The molecule has 0 radical (unpaired) electrons. The third-order valence-electron chi connectivity index (χ3n) is 3.55. The van der Waals surface area contributed by atoms with E-state index in [0.717, 1.165) is 21.9 Å². The highest BCUT2D eigenvalue weighted by atomic mass is 35.5. The molecule has 1 N–H and O–H groups in total. The molecule has 3 rings (SSSR count). The molecule has 124 valence electrons. The summed E-state index contributed by atoms with van der Waals surface area (Å²) in [5, 5.41) is 7.16. The van der Waals surface area contributed by atoms with Gasteiger partial charge in [-0.1, -0.05) is 23.7 Å². The predicted molar refractivity (Wildman–Crippen MR) is 95.7 cm³/mol.